The zero-order valence-electron chi connectivity index (χ0n) is 6.90. The topological polar surface area (TPSA) is 37.3 Å². The van der Waals surface area contributed by atoms with Crippen LogP contribution in [-0.4, -0.2) is 11.1 Å². The van der Waals surface area contributed by atoms with Crippen LogP contribution in [0.3, 0.4) is 0 Å². The quantitative estimate of drug-likeness (QED) is 0.595. The summed E-state index contributed by atoms with van der Waals surface area (Å²) in [5, 5.41) is 8.27. The molecule has 0 aliphatic rings. The Balaban J connectivity index is 0. The van der Waals surface area contributed by atoms with Gasteiger partial charge in [0.1, 0.15) is 0 Å². The average molecular weight is 341 g/mol. The number of hydrogen-bond acceptors (Lipinski definition) is 1. The summed E-state index contributed by atoms with van der Waals surface area (Å²) in [7, 11) is 0. The maximum Gasteiger partial charge on any atom is 0.303 e. The molecule has 2 nitrogen and oxygen atoms in total. The van der Waals surface area contributed by atoms with E-state index in [1.54, 1.807) is 0 Å². The molecule has 0 aliphatic heterocycles. The predicted octanol–water partition coefficient (Wildman–Crippen LogP) is 2.43. The van der Waals surface area contributed by atoms with Gasteiger partial charge in [-0.1, -0.05) is 32.6 Å². The summed E-state index contributed by atoms with van der Waals surface area (Å²) in [5.41, 5.74) is 0. The minimum absolute atomic E-state index is 0. The largest absolute Gasteiger partial charge is 0.481 e. The molecule has 0 saturated carbocycles. The Morgan fingerprint density at radius 1 is 1.18 bits per heavy atom. The Labute approximate surface area is 83.9 Å². The maximum atomic E-state index is 10.0. The van der Waals surface area contributed by atoms with Gasteiger partial charge in [-0.25, -0.2) is 0 Å². The van der Waals surface area contributed by atoms with E-state index in [9.17, 15) is 4.79 Å². The molecule has 0 unspecified atom stereocenters. The van der Waals surface area contributed by atoms with Gasteiger partial charge in [-0.2, -0.15) is 0 Å². The second-order valence-corrected chi connectivity index (χ2v) is 2.56. The van der Waals surface area contributed by atoms with Crippen molar-refractivity contribution in [2.45, 2.75) is 45.4 Å². The smallest absolute Gasteiger partial charge is 0.303 e. The van der Waals surface area contributed by atoms with Crippen LogP contribution in [0.25, 0.3) is 0 Å². The van der Waals surface area contributed by atoms with Crippen molar-refractivity contribution in [3.63, 3.8) is 0 Å². The van der Waals surface area contributed by atoms with Crippen LogP contribution in [0.15, 0.2) is 0 Å². The average Bonchev–Trinajstić information content (AvgIpc) is 1.87. The van der Waals surface area contributed by atoms with E-state index >= 15 is 0 Å². The standard InChI is InChI=1S/C8H16O2.Au/c1-2-3-4-5-6-7-8(9)10;/h2-7H2,1H3,(H,9,10);. The Bertz CT molecular complexity index is 94.1. The molecule has 0 rings (SSSR count). The van der Waals surface area contributed by atoms with Gasteiger partial charge in [0.05, 0.1) is 0 Å². The molecule has 1 N–H and O–H groups in total. The zero-order valence-corrected chi connectivity index (χ0v) is 9.07. The molecular weight excluding hydrogens is 325 g/mol. The van der Waals surface area contributed by atoms with Gasteiger partial charge < -0.3 is 5.11 Å². The summed E-state index contributed by atoms with van der Waals surface area (Å²) >= 11 is 0. The second kappa shape index (κ2) is 10.2. The van der Waals surface area contributed by atoms with E-state index in [0.29, 0.717) is 6.42 Å². The molecule has 11 heavy (non-hydrogen) atoms. The summed E-state index contributed by atoms with van der Waals surface area (Å²) in [5.74, 6) is -0.670. The van der Waals surface area contributed by atoms with Crippen LogP contribution in [0.5, 0.6) is 0 Å². The molecule has 3 heteroatoms. The van der Waals surface area contributed by atoms with Crippen molar-refractivity contribution in [3.8, 4) is 0 Å². The van der Waals surface area contributed by atoms with Gasteiger partial charge in [0.15, 0.2) is 0 Å². The fourth-order valence-electron chi connectivity index (χ4n) is 0.880. The minimum atomic E-state index is -0.670. The fraction of sp³-hybridized carbons (Fsp3) is 0.875. The molecular formula is C8H16AuO2. The van der Waals surface area contributed by atoms with E-state index < -0.39 is 5.97 Å². The van der Waals surface area contributed by atoms with E-state index in [2.05, 4.69) is 6.92 Å². The van der Waals surface area contributed by atoms with Crippen molar-refractivity contribution < 1.29 is 32.3 Å². The monoisotopic (exact) mass is 341 g/mol. The van der Waals surface area contributed by atoms with Crippen molar-refractivity contribution in [1.29, 1.82) is 0 Å². The number of rotatable bonds is 6. The Kier molecular flexibility index (Phi) is 12.8. The predicted molar refractivity (Wildman–Crippen MR) is 41.0 cm³/mol. The van der Waals surface area contributed by atoms with Crippen LogP contribution in [0.2, 0.25) is 0 Å². The number of carboxylic acid groups (broad SMARTS) is 1. The number of carboxylic acids is 1. The van der Waals surface area contributed by atoms with Crippen LogP contribution < -0.4 is 0 Å². The van der Waals surface area contributed by atoms with Gasteiger partial charge in [-0.3, -0.25) is 4.79 Å². The SMILES string of the molecule is CCCCCCCC(=O)O.[Au]. The van der Waals surface area contributed by atoms with Crippen LogP contribution in [0.4, 0.5) is 0 Å². The number of unbranched alkanes of at least 4 members (excludes halogenated alkanes) is 4. The molecule has 0 fully saturated rings. The van der Waals surface area contributed by atoms with Gasteiger partial charge in [-0.15, -0.1) is 0 Å². The van der Waals surface area contributed by atoms with Crippen molar-refractivity contribution in [2.24, 2.45) is 0 Å². The third-order valence-electron chi connectivity index (χ3n) is 1.49. The number of aliphatic carboxylic acids is 1. The van der Waals surface area contributed by atoms with E-state index in [0.717, 1.165) is 12.8 Å². The summed E-state index contributed by atoms with van der Waals surface area (Å²) in [4.78, 5) is 10.0. The van der Waals surface area contributed by atoms with Gasteiger partial charge in [0.25, 0.3) is 0 Å². The van der Waals surface area contributed by atoms with E-state index in [1.165, 1.54) is 19.3 Å². The second-order valence-electron chi connectivity index (χ2n) is 2.56. The van der Waals surface area contributed by atoms with Gasteiger partial charge in [0.2, 0.25) is 0 Å². The first-order chi connectivity index (χ1) is 4.77. The van der Waals surface area contributed by atoms with Crippen LogP contribution >= 0.6 is 0 Å². The Morgan fingerprint density at radius 2 is 1.73 bits per heavy atom. The fourth-order valence-corrected chi connectivity index (χ4v) is 0.880. The molecule has 0 aromatic carbocycles. The third kappa shape index (κ3) is 13.2. The summed E-state index contributed by atoms with van der Waals surface area (Å²) in [6.07, 6.45) is 5.88. The maximum absolute atomic E-state index is 10.0. The first-order valence-electron chi connectivity index (χ1n) is 3.99. The van der Waals surface area contributed by atoms with Crippen molar-refractivity contribution in [1.82, 2.24) is 0 Å². The molecule has 71 valence electrons. The molecule has 0 atom stereocenters. The Morgan fingerprint density at radius 3 is 2.18 bits per heavy atom. The zero-order chi connectivity index (χ0) is 7.82. The first-order valence-corrected chi connectivity index (χ1v) is 3.99. The molecule has 0 saturated heterocycles. The first kappa shape index (κ1) is 13.8. The van der Waals surface area contributed by atoms with Gasteiger partial charge in [0, 0.05) is 28.8 Å². The third-order valence-corrected chi connectivity index (χ3v) is 1.49. The summed E-state index contributed by atoms with van der Waals surface area (Å²) in [6.45, 7) is 2.15. The molecule has 0 aromatic rings. The molecule has 0 heterocycles. The molecule has 0 aliphatic carbocycles. The summed E-state index contributed by atoms with van der Waals surface area (Å²) in [6, 6.07) is 0. The molecule has 0 spiro atoms. The van der Waals surface area contributed by atoms with Gasteiger partial charge in [-0.05, 0) is 6.42 Å². The molecule has 0 bridgehead atoms. The van der Waals surface area contributed by atoms with Crippen LogP contribution in [0, 0.1) is 0 Å². The van der Waals surface area contributed by atoms with E-state index in [-0.39, 0.29) is 22.4 Å². The number of carbonyl (C=O) groups is 1. The van der Waals surface area contributed by atoms with E-state index in [4.69, 9.17) is 5.11 Å². The van der Waals surface area contributed by atoms with E-state index in [1.807, 2.05) is 0 Å². The summed E-state index contributed by atoms with van der Waals surface area (Å²) < 4.78 is 0. The molecule has 1 radical (unpaired) electrons. The Hall–Kier alpha value is 0.210. The van der Waals surface area contributed by atoms with Crippen LogP contribution in [0.1, 0.15) is 45.4 Å². The number of hydrogen-bond donors (Lipinski definition) is 1. The normalized spacial score (nSPS) is 8.82. The van der Waals surface area contributed by atoms with Crippen molar-refractivity contribution in [3.05, 3.63) is 0 Å². The molecule has 0 aromatic heterocycles. The van der Waals surface area contributed by atoms with Crippen molar-refractivity contribution >= 4 is 5.97 Å². The molecule has 0 amide bonds. The minimum Gasteiger partial charge on any atom is -0.481 e. The van der Waals surface area contributed by atoms with Crippen molar-refractivity contribution in [2.75, 3.05) is 0 Å². The van der Waals surface area contributed by atoms with Crippen LogP contribution in [-0.2, 0) is 27.2 Å². The van der Waals surface area contributed by atoms with Gasteiger partial charge >= 0.3 is 5.97 Å².